The number of hydrogen-bond acceptors (Lipinski definition) is 3. The van der Waals surface area contributed by atoms with Gasteiger partial charge in [-0.1, -0.05) is 111 Å². The minimum absolute atomic E-state index is 0.144. The van der Waals surface area contributed by atoms with E-state index in [0.29, 0.717) is 16.6 Å². The summed E-state index contributed by atoms with van der Waals surface area (Å²) in [5.41, 5.74) is 1.44. The van der Waals surface area contributed by atoms with Crippen molar-refractivity contribution in [3.8, 4) is 0 Å². The molecule has 4 nitrogen and oxygen atoms in total. The van der Waals surface area contributed by atoms with E-state index in [2.05, 4.69) is 74.3 Å². The predicted molar refractivity (Wildman–Crippen MR) is 148 cm³/mol. The molecule has 0 spiro atoms. The molecule has 0 fully saturated rings. The van der Waals surface area contributed by atoms with Gasteiger partial charge in [0.15, 0.2) is 5.15 Å². The summed E-state index contributed by atoms with van der Waals surface area (Å²) in [6.07, 6.45) is 5.29. The Morgan fingerprint density at radius 3 is 2.14 bits per heavy atom. The average molecular weight is 526 g/mol. The van der Waals surface area contributed by atoms with Crippen LogP contribution in [0.4, 0.5) is 0 Å². The van der Waals surface area contributed by atoms with Gasteiger partial charge in [-0.3, -0.25) is 4.40 Å². The average Bonchev–Trinajstić information content (AvgIpc) is 3.14. The summed E-state index contributed by atoms with van der Waals surface area (Å²) in [5, 5.41) is 14.1. The zero-order valence-electron chi connectivity index (χ0n) is 20.2. The van der Waals surface area contributed by atoms with Crippen molar-refractivity contribution in [1.29, 1.82) is 0 Å². The summed E-state index contributed by atoms with van der Waals surface area (Å²) in [5.74, 6) is 0. The van der Waals surface area contributed by atoms with Gasteiger partial charge in [0.25, 0.3) is 8.32 Å². The standard InChI is InChI=1S/C28H30Cl2N2O2Si/c1-28(2,3)35(23-12-6-4-7-13-23,24-14-8-5-9-15-24)34-20-22(33)11-10-16-25-27(30)31-26-18-17-21(29)19-32(25)26/h4-10,12-19,22,33H,11,20H2,1-3H3/b16-10+. The molecule has 2 aromatic carbocycles. The highest BCUT2D eigenvalue weighted by atomic mass is 35.5. The van der Waals surface area contributed by atoms with Gasteiger partial charge in [0.2, 0.25) is 0 Å². The molecule has 0 aliphatic rings. The smallest absolute Gasteiger partial charge is 0.261 e. The molecule has 7 heteroatoms. The largest absolute Gasteiger partial charge is 0.405 e. The van der Waals surface area contributed by atoms with Crippen molar-refractivity contribution >= 4 is 53.6 Å². The highest BCUT2D eigenvalue weighted by molar-refractivity contribution is 6.99. The van der Waals surface area contributed by atoms with Crippen molar-refractivity contribution in [2.45, 2.75) is 38.3 Å². The number of nitrogens with zero attached hydrogens (tertiary/aromatic N) is 2. The maximum atomic E-state index is 10.9. The molecule has 0 aliphatic carbocycles. The Hall–Kier alpha value is -2.41. The third kappa shape index (κ3) is 5.40. The van der Waals surface area contributed by atoms with Crippen LogP contribution in [0.25, 0.3) is 11.7 Å². The Bertz CT molecular complexity index is 1260. The Labute approximate surface area is 217 Å². The van der Waals surface area contributed by atoms with Crippen LogP contribution in [0.15, 0.2) is 85.1 Å². The lowest BCUT2D eigenvalue weighted by atomic mass is 10.2. The predicted octanol–water partition coefficient (Wildman–Crippen LogP) is 5.98. The number of aliphatic hydroxyl groups is 1. The van der Waals surface area contributed by atoms with Crippen LogP contribution in [0, 0.1) is 0 Å². The lowest BCUT2D eigenvalue weighted by molar-refractivity contribution is 0.105. The van der Waals surface area contributed by atoms with Crippen molar-refractivity contribution in [3.05, 3.63) is 101 Å². The van der Waals surface area contributed by atoms with Crippen LogP contribution in [0.3, 0.4) is 0 Å². The molecule has 0 amide bonds. The van der Waals surface area contributed by atoms with E-state index in [-0.39, 0.29) is 11.6 Å². The molecule has 4 aromatic rings. The number of benzene rings is 2. The van der Waals surface area contributed by atoms with Gasteiger partial charge in [-0.05, 0) is 40.0 Å². The zero-order valence-corrected chi connectivity index (χ0v) is 22.7. The fourth-order valence-electron chi connectivity index (χ4n) is 4.54. The van der Waals surface area contributed by atoms with Crippen molar-refractivity contribution in [1.82, 2.24) is 9.38 Å². The summed E-state index contributed by atoms with van der Waals surface area (Å²) >= 11 is 12.5. The molecular weight excluding hydrogens is 495 g/mol. The number of fused-ring (bicyclic) bond motifs is 1. The van der Waals surface area contributed by atoms with E-state index in [4.69, 9.17) is 27.6 Å². The van der Waals surface area contributed by atoms with E-state index in [0.717, 1.165) is 11.3 Å². The van der Waals surface area contributed by atoms with E-state index in [9.17, 15) is 5.11 Å². The first-order valence-corrected chi connectivity index (χ1v) is 14.3. The lowest BCUT2D eigenvalue weighted by Crippen LogP contribution is -2.67. The third-order valence-electron chi connectivity index (χ3n) is 6.17. The number of imidazole rings is 1. The first kappa shape index (κ1) is 25.7. The Morgan fingerprint density at radius 2 is 1.57 bits per heavy atom. The van der Waals surface area contributed by atoms with Crippen molar-refractivity contribution < 1.29 is 9.53 Å². The number of aliphatic hydroxyl groups excluding tert-OH is 1. The number of aromatic nitrogens is 2. The maximum absolute atomic E-state index is 10.9. The van der Waals surface area contributed by atoms with Crippen LogP contribution in [0.2, 0.25) is 15.2 Å². The molecular formula is C28H30Cl2N2O2Si. The van der Waals surface area contributed by atoms with E-state index in [1.165, 1.54) is 10.4 Å². The molecule has 35 heavy (non-hydrogen) atoms. The van der Waals surface area contributed by atoms with E-state index in [1.807, 2.05) is 34.8 Å². The summed E-state index contributed by atoms with van der Waals surface area (Å²) < 4.78 is 8.66. The quantitative estimate of drug-likeness (QED) is 0.288. The van der Waals surface area contributed by atoms with Crippen LogP contribution in [0.5, 0.6) is 0 Å². The highest BCUT2D eigenvalue weighted by Gasteiger charge is 2.50. The second kappa shape index (κ2) is 10.7. The molecule has 182 valence electrons. The van der Waals surface area contributed by atoms with Crippen molar-refractivity contribution in [2.75, 3.05) is 6.61 Å². The van der Waals surface area contributed by atoms with Gasteiger partial charge < -0.3 is 9.53 Å². The molecule has 1 N–H and O–H groups in total. The zero-order chi connectivity index (χ0) is 25.1. The highest BCUT2D eigenvalue weighted by Crippen LogP contribution is 2.36. The summed E-state index contributed by atoms with van der Waals surface area (Å²) in [4.78, 5) is 4.35. The van der Waals surface area contributed by atoms with E-state index in [1.54, 1.807) is 12.3 Å². The number of halogens is 2. The van der Waals surface area contributed by atoms with Gasteiger partial charge >= 0.3 is 0 Å². The molecule has 0 bridgehead atoms. The van der Waals surface area contributed by atoms with E-state index < -0.39 is 14.4 Å². The number of pyridine rings is 1. The summed E-state index contributed by atoms with van der Waals surface area (Å²) in [6, 6.07) is 24.5. The van der Waals surface area contributed by atoms with Crippen molar-refractivity contribution in [3.63, 3.8) is 0 Å². The van der Waals surface area contributed by atoms with Crippen LogP contribution in [-0.2, 0) is 4.43 Å². The molecule has 1 unspecified atom stereocenters. The fourth-order valence-corrected chi connectivity index (χ4v) is 9.54. The van der Waals surface area contributed by atoms with Gasteiger partial charge in [0.1, 0.15) is 5.65 Å². The van der Waals surface area contributed by atoms with E-state index >= 15 is 0 Å². The van der Waals surface area contributed by atoms with Crippen LogP contribution >= 0.6 is 23.2 Å². The van der Waals surface area contributed by atoms with Crippen LogP contribution in [-0.4, -0.2) is 35.5 Å². The van der Waals surface area contributed by atoms with Gasteiger partial charge in [-0.25, -0.2) is 4.98 Å². The molecule has 0 saturated carbocycles. The molecule has 1 atom stereocenters. The number of rotatable bonds is 8. The molecule has 0 radical (unpaired) electrons. The molecule has 4 rings (SSSR count). The monoisotopic (exact) mass is 524 g/mol. The summed E-state index contributed by atoms with van der Waals surface area (Å²) in [7, 11) is -2.69. The molecule has 0 saturated heterocycles. The second-order valence-corrected chi connectivity index (χ2v) is 14.7. The topological polar surface area (TPSA) is 46.8 Å². The normalized spacial score (nSPS) is 13.5. The fraction of sp³-hybridized carbons (Fsp3) is 0.250. The van der Waals surface area contributed by atoms with Gasteiger partial charge in [0.05, 0.1) is 23.4 Å². The second-order valence-electron chi connectivity index (χ2n) is 9.63. The maximum Gasteiger partial charge on any atom is 0.261 e. The minimum Gasteiger partial charge on any atom is -0.405 e. The first-order chi connectivity index (χ1) is 16.7. The SMILES string of the molecule is CC(C)(C)[Si](OCC(O)C/C=C/c1c(Cl)nc2ccc(Cl)cn12)(c1ccccc1)c1ccccc1. The number of hydrogen-bond donors (Lipinski definition) is 1. The van der Waals surface area contributed by atoms with Crippen LogP contribution in [0.1, 0.15) is 32.9 Å². The molecule has 0 aliphatic heterocycles. The minimum atomic E-state index is -2.69. The summed E-state index contributed by atoms with van der Waals surface area (Å²) in [6.45, 7) is 6.90. The van der Waals surface area contributed by atoms with Gasteiger partial charge in [-0.15, -0.1) is 0 Å². The third-order valence-corrected chi connectivity index (χ3v) is 11.7. The lowest BCUT2D eigenvalue weighted by Gasteiger charge is -2.43. The molecule has 2 aromatic heterocycles. The van der Waals surface area contributed by atoms with Gasteiger partial charge in [0, 0.05) is 6.20 Å². The Morgan fingerprint density at radius 1 is 0.971 bits per heavy atom. The van der Waals surface area contributed by atoms with Crippen LogP contribution < -0.4 is 10.4 Å². The Kier molecular flexibility index (Phi) is 7.84. The molecule has 2 heterocycles. The van der Waals surface area contributed by atoms with Gasteiger partial charge in [-0.2, -0.15) is 0 Å². The first-order valence-electron chi connectivity index (χ1n) is 11.6. The Balaban J connectivity index is 1.56. The van der Waals surface area contributed by atoms with Crippen molar-refractivity contribution in [2.24, 2.45) is 0 Å².